The van der Waals surface area contributed by atoms with Gasteiger partial charge >= 0.3 is 6.18 Å². The highest BCUT2D eigenvalue weighted by Gasteiger charge is 2.35. The molecule has 1 saturated heterocycles. The van der Waals surface area contributed by atoms with Gasteiger partial charge in [0.05, 0.1) is 36.8 Å². The van der Waals surface area contributed by atoms with E-state index in [1.54, 1.807) is 4.68 Å². The summed E-state index contributed by atoms with van der Waals surface area (Å²) in [7, 11) is -3.59. The van der Waals surface area contributed by atoms with E-state index in [4.69, 9.17) is 5.10 Å². The molecule has 11 nitrogen and oxygen atoms in total. The summed E-state index contributed by atoms with van der Waals surface area (Å²) in [6, 6.07) is 8.06. The molecule has 1 unspecified atom stereocenters. The number of alkyl halides is 3. The van der Waals surface area contributed by atoms with Crippen molar-refractivity contribution in [1.82, 2.24) is 29.2 Å². The maximum atomic E-state index is 14.0. The number of hydrogen-bond donors (Lipinski definition) is 3. The summed E-state index contributed by atoms with van der Waals surface area (Å²) >= 11 is 0. The molecule has 0 spiro atoms. The van der Waals surface area contributed by atoms with E-state index in [-0.39, 0.29) is 43.1 Å². The molecular formula is C31H38F4N6O5S. The van der Waals surface area contributed by atoms with Crippen molar-refractivity contribution in [2.75, 3.05) is 58.7 Å². The second kappa shape index (κ2) is 14.4. The highest BCUT2D eigenvalue weighted by atomic mass is 32.2. The molecule has 0 bridgehead atoms. The quantitative estimate of drug-likeness (QED) is 0.262. The molecule has 1 atom stereocenters. The SMILES string of the molecule is CS(=O)(=O)N1CCc2c(c(-c3ccc(C(F)(F)F)c(CNC(=O)c4ccc(F)cc4)c3)nn2CC(O)CN2CCN(CCO)CC2)C1. The number of carbonyl (C=O) groups excluding carboxylic acids is 1. The van der Waals surface area contributed by atoms with Crippen LogP contribution >= 0.6 is 0 Å². The molecule has 0 aliphatic carbocycles. The monoisotopic (exact) mass is 682 g/mol. The van der Waals surface area contributed by atoms with Crippen LogP contribution in [0.5, 0.6) is 0 Å². The lowest BCUT2D eigenvalue weighted by molar-refractivity contribution is -0.138. The minimum absolute atomic E-state index is 0.0376. The van der Waals surface area contributed by atoms with Crippen LogP contribution in [0.1, 0.15) is 32.7 Å². The average molecular weight is 683 g/mol. The normalized spacial score (nSPS) is 17.4. The predicted molar refractivity (Wildman–Crippen MR) is 165 cm³/mol. The van der Waals surface area contributed by atoms with Crippen LogP contribution in [0.3, 0.4) is 0 Å². The summed E-state index contributed by atoms with van der Waals surface area (Å²) < 4.78 is 83.2. The van der Waals surface area contributed by atoms with E-state index >= 15 is 0 Å². The third-order valence-corrected chi connectivity index (χ3v) is 9.78. The second-order valence-corrected chi connectivity index (χ2v) is 13.9. The molecule has 2 aliphatic heterocycles. The molecule has 16 heteroatoms. The predicted octanol–water partition coefficient (Wildman–Crippen LogP) is 1.93. The smallest absolute Gasteiger partial charge is 0.395 e. The molecule has 47 heavy (non-hydrogen) atoms. The number of aromatic nitrogens is 2. The fourth-order valence-electron chi connectivity index (χ4n) is 6.07. The van der Waals surface area contributed by atoms with Gasteiger partial charge in [0.15, 0.2) is 0 Å². The molecule has 1 aromatic heterocycles. The van der Waals surface area contributed by atoms with Gasteiger partial charge in [0.1, 0.15) is 5.82 Å². The van der Waals surface area contributed by atoms with E-state index in [9.17, 15) is 41.0 Å². The first-order valence-corrected chi connectivity index (χ1v) is 17.1. The van der Waals surface area contributed by atoms with E-state index in [0.717, 1.165) is 50.6 Å². The molecule has 3 heterocycles. The fraction of sp³-hybridized carbons (Fsp3) is 0.484. The van der Waals surface area contributed by atoms with Gasteiger partial charge in [0, 0.05) is 87.7 Å². The number of nitrogens with one attached hydrogen (secondary N) is 1. The van der Waals surface area contributed by atoms with Gasteiger partial charge < -0.3 is 15.5 Å². The number of piperazine rings is 1. The number of rotatable bonds is 11. The largest absolute Gasteiger partial charge is 0.416 e. The van der Waals surface area contributed by atoms with Gasteiger partial charge in [-0.15, -0.1) is 0 Å². The Morgan fingerprint density at radius 1 is 1.02 bits per heavy atom. The standard InChI is InChI=1S/C31H38F4N6O5S/c1-47(45,46)40-9-8-28-26(20-40)29(37-41(28)19-25(43)18-39-12-10-38(11-13-39)14-15-42)22-4-7-27(31(33,34)35)23(16-22)17-36-30(44)21-2-5-24(32)6-3-21/h2-7,16,25,42-43H,8-15,17-20H2,1H3,(H,36,44). The zero-order chi connectivity index (χ0) is 33.9. The van der Waals surface area contributed by atoms with Crippen molar-refractivity contribution in [1.29, 1.82) is 0 Å². The highest BCUT2D eigenvalue weighted by Crippen LogP contribution is 2.37. The first-order valence-electron chi connectivity index (χ1n) is 15.2. The fourth-order valence-corrected chi connectivity index (χ4v) is 6.85. The summed E-state index contributed by atoms with van der Waals surface area (Å²) in [6.07, 6.45) is -4.17. The van der Waals surface area contributed by atoms with Crippen LogP contribution in [-0.4, -0.2) is 113 Å². The maximum Gasteiger partial charge on any atom is 0.416 e. The van der Waals surface area contributed by atoms with E-state index < -0.39 is 46.1 Å². The summed E-state index contributed by atoms with van der Waals surface area (Å²) in [5.74, 6) is -1.24. The molecule has 0 saturated carbocycles. The summed E-state index contributed by atoms with van der Waals surface area (Å²) in [4.78, 5) is 16.9. The van der Waals surface area contributed by atoms with Gasteiger partial charge in [-0.25, -0.2) is 12.8 Å². The Kier molecular flexibility index (Phi) is 10.7. The van der Waals surface area contributed by atoms with Crippen LogP contribution in [0.2, 0.25) is 0 Å². The molecule has 5 rings (SSSR count). The third-order valence-electron chi connectivity index (χ3n) is 8.53. The lowest BCUT2D eigenvalue weighted by Crippen LogP contribution is -2.49. The maximum absolute atomic E-state index is 14.0. The topological polar surface area (TPSA) is 131 Å². The Morgan fingerprint density at radius 3 is 2.34 bits per heavy atom. The minimum atomic E-state index is -4.73. The van der Waals surface area contributed by atoms with Crippen molar-refractivity contribution in [2.24, 2.45) is 0 Å². The van der Waals surface area contributed by atoms with Gasteiger partial charge in [0.2, 0.25) is 10.0 Å². The van der Waals surface area contributed by atoms with E-state index in [1.165, 1.54) is 28.6 Å². The number of β-amino-alcohol motifs (C(OH)–C–C–N with tert-alkyl or cyclic N) is 2. The molecule has 2 aliphatic rings. The van der Waals surface area contributed by atoms with Crippen molar-refractivity contribution in [2.45, 2.75) is 38.3 Å². The Balaban J connectivity index is 1.43. The van der Waals surface area contributed by atoms with E-state index in [2.05, 4.69) is 15.1 Å². The number of fused-ring (bicyclic) bond motifs is 1. The molecule has 3 N–H and O–H groups in total. The van der Waals surface area contributed by atoms with E-state index in [0.29, 0.717) is 36.3 Å². The van der Waals surface area contributed by atoms with Gasteiger partial charge in [-0.3, -0.25) is 19.3 Å². The molecule has 1 amide bonds. The average Bonchev–Trinajstić information content (AvgIpc) is 3.37. The molecular weight excluding hydrogens is 644 g/mol. The first kappa shape index (κ1) is 34.9. The number of benzene rings is 2. The number of hydrogen-bond acceptors (Lipinski definition) is 8. The number of amides is 1. The number of nitrogens with zero attached hydrogens (tertiary/aromatic N) is 5. The number of carbonyl (C=O) groups is 1. The van der Waals surface area contributed by atoms with Crippen molar-refractivity contribution < 1.29 is 41.0 Å². The summed E-state index contributed by atoms with van der Waals surface area (Å²) in [6.45, 7) is 3.76. The number of aliphatic hydroxyl groups excluding tert-OH is 2. The van der Waals surface area contributed by atoms with E-state index in [1.807, 2.05) is 0 Å². The molecule has 256 valence electrons. The number of aliphatic hydroxyl groups is 2. The Hall–Kier alpha value is -3.41. The Labute approximate surface area is 270 Å². The van der Waals surface area contributed by atoms with Crippen LogP contribution in [0.15, 0.2) is 42.5 Å². The lowest BCUT2D eigenvalue weighted by atomic mass is 9.97. The third kappa shape index (κ3) is 8.55. The number of sulfonamides is 1. The van der Waals surface area contributed by atoms with Gasteiger partial charge in [0.25, 0.3) is 5.91 Å². The van der Waals surface area contributed by atoms with Crippen LogP contribution in [0.25, 0.3) is 11.3 Å². The highest BCUT2D eigenvalue weighted by molar-refractivity contribution is 7.88. The zero-order valence-corrected chi connectivity index (χ0v) is 26.7. The van der Waals surface area contributed by atoms with Gasteiger partial charge in [-0.1, -0.05) is 6.07 Å². The van der Waals surface area contributed by atoms with Crippen molar-refractivity contribution in [3.8, 4) is 11.3 Å². The molecule has 3 aromatic rings. The van der Waals surface area contributed by atoms with Crippen LogP contribution < -0.4 is 5.32 Å². The lowest BCUT2D eigenvalue weighted by Gasteiger charge is -2.35. The van der Waals surface area contributed by atoms with Crippen LogP contribution in [-0.2, 0) is 42.3 Å². The van der Waals surface area contributed by atoms with Crippen LogP contribution in [0, 0.1) is 5.82 Å². The number of halogens is 4. The van der Waals surface area contributed by atoms with Gasteiger partial charge in [-0.05, 0) is 42.0 Å². The summed E-state index contributed by atoms with van der Waals surface area (Å²) in [5.41, 5.74) is 0.703. The molecule has 2 aromatic carbocycles. The van der Waals surface area contributed by atoms with Crippen molar-refractivity contribution in [3.63, 3.8) is 0 Å². The van der Waals surface area contributed by atoms with Gasteiger partial charge in [-0.2, -0.15) is 22.6 Å². The van der Waals surface area contributed by atoms with Crippen molar-refractivity contribution >= 4 is 15.9 Å². The second-order valence-electron chi connectivity index (χ2n) is 11.9. The first-order chi connectivity index (χ1) is 22.2. The zero-order valence-electron chi connectivity index (χ0n) is 25.9. The Morgan fingerprint density at radius 2 is 1.70 bits per heavy atom. The molecule has 0 radical (unpaired) electrons. The van der Waals surface area contributed by atoms with Crippen LogP contribution in [0.4, 0.5) is 17.6 Å². The van der Waals surface area contributed by atoms with Crippen molar-refractivity contribution in [3.05, 3.63) is 76.2 Å². The minimum Gasteiger partial charge on any atom is -0.395 e. The Bertz CT molecular complexity index is 1670. The molecule has 1 fully saturated rings. The summed E-state index contributed by atoms with van der Waals surface area (Å²) in [5, 5.41) is 27.4.